The van der Waals surface area contributed by atoms with Crippen molar-refractivity contribution in [3.63, 3.8) is 0 Å². The molecule has 3 rings (SSSR count). The van der Waals surface area contributed by atoms with Crippen LogP contribution in [0, 0.1) is 5.92 Å². The number of aromatic nitrogens is 1. The van der Waals surface area contributed by atoms with Gasteiger partial charge in [0.2, 0.25) is 11.8 Å². The van der Waals surface area contributed by atoms with E-state index in [1.165, 1.54) is 4.90 Å². The van der Waals surface area contributed by atoms with Crippen molar-refractivity contribution in [1.82, 2.24) is 20.9 Å². The van der Waals surface area contributed by atoms with Crippen LogP contribution in [-0.2, 0) is 20.8 Å². The van der Waals surface area contributed by atoms with Crippen molar-refractivity contribution >= 4 is 23.5 Å². The number of amides is 3. The van der Waals surface area contributed by atoms with Gasteiger partial charge in [-0.1, -0.05) is 32.3 Å². The smallest absolute Gasteiger partial charge is 0.251 e. The Hall–Kier alpha value is -2.48. The van der Waals surface area contributed by atoms with Gasteiger partial charge in [-0.25, -0.2) is 4.98 Å². The van der Waals surface area contributed by atoms with Gasteiger partial charge < -0.3 is 16.0 Å². The Bertz CT molecular complexity index is 789. The number of fused-ring (bicyclic) bond motifs is 1. The molecule has 8 nitrogen and oxygen atoms in total. The zero-order valence-electron chi connectivity index (χ0n) is 18.8. The Kier molecular flexibility index (Phi) is 8.01. The van der Waals surface area contributed by atoms with Crippen molar-refractivity contribution < 1.29 is 14.4 Å². The molecule has 1 aliphatic heterocycles. The van der Waals surface area contributed by atoms with Gasteiger partial charge >= 0.3 is 0 Å². The molecule has 1 aliphatic carbocycles. The molecule has 0 spiro atoms. The fourth-order valence-electron chi connectivity index (χ4n) is 4.79. The van der Waals surface area contributed by atoms with Crippen LogP contribution in [0.1, 0.15) is 57.9 Å². The van der Waals surface area contributed by atoms with E-state index < -0.39 is 12.1 Å². The Labute approximate surface area is 184 Å². The first-order chi connectivity index (χ1) is 15.0. The summed E-state index contributed by atoms with van der Waals surface area (Å²) in [6.45, 7) is 4.28. The third kappa shape index (κ3) is 5.06. The lowest BCUT2D eigenvalue weighted by Gasteiger charge is -2.35. The van der Waals surface area contributed by atoms with Crippen LogP contribution < -0.4 is 20.9 Å². The number of carbonyl (C=O) groups is 3. The number of carbonyl (C=O) groups excluding carboxylic acids is 3. The average Bonchev–Trinajstić information content (AvgIpc) is 3.18. The molecule has 170 valence electrons. The van der Waals surface area contributed by atoms with Crippen LogP contribution in [0.4, 0.5) is 5.82 Å². The van der Waals surface area contributed by atoms with Crippen molar-refractivity contribution in [1.29, 1.82) is 0 Å². The van der Waals surface area contributed by atoms with Crippen molar-refractivity contribution in [2.45, 2.75) is 76.9 Å². The largest absolute Gasteiger partial charge is 0.355 e. The number of hydrogen-bond acceptors (Lipinski definition) is 5. The molecule has 31 heavy (non-hydrogen) atoms. The summed E-state index contributed by atoms with van der Waals surface area (Å²) in [6, 6.07) is 2.05. The molecule has 2 aliphatic rings. The highest BCUT2D eigenvalue weighted by Crippen LogP contribution is 2.34. The second kappa shape index (κ2) is 10.7. The van der Waals surface area contributed by atoms with E-state index in [-0.39, 0.29) is 29.7 Å². The molecular formula is C23H35N5O3. The minimum absolute atomic E-state index is 0.0576. The van der Waals surface area contributed by atoms with Gasteiger partial charge in [-0.05, 0) is 50.8 Å². The Morgan fingerprint density at radius 2 is 1.94 bits per heavy atom. The fourth-order valence-corrected chi connectivity index (χ4v) is 4.79. The lowest BCUT2D eigenvalue weighted by Crippen LogP contribution is -2.59. The SMILES string of the molecule is CCNC(=O)C1Cc2cccnc2N1C(=O)[C@@H](NC(=O)[C@H](CC)NC)C1CCCCC1. The predicted molar refractivity (Wildman–Crippen MR) is 120 cm³/mol. The lowest BCUT2D eigenvalue weighted by atomic mass is 9.83. The van der Waals surface area contributed by atoms with Crippen molar-refractivity contribution in [2.24, 2.45) is 5.92 Å². The Morgan fingerprint density at radius 3 is 2.58 bits per heavy atom. The third-order valence-electron chi connectivity index (χ3n) is 6.47. The highest BCUT2D eigenvalue weighted by molar-refractivity contribution is 6.06. The molecule has 3 N–H and O–H groups in total. The Morgan fingerprint density at radius 1 is 1.19 bits per heavy atom. The van der Waals surface area contributed by atoms with Crippen LogP contribution in [-0.4, -0.2) is 54.4 Å². The number of rotatable bonds is 8. The van der Waals surface area contributed by atoms with Crippen molar-refractivity contribution in [3.8, 4) is 0 Å². The van der Waals surface area contributed by atoms with Gasteiger partial charge in [-0.15, -0.1) is 0 Å². The first kappa shape index (κ1) is 23.2. The van der Waals surface area contributed by atoms with Gasteiger partial charge in [-0.2, -0.15) is 0 Å². The monoisotopic (exact) mass is 429 g/mol. The molecule has 0 radical (unpaired) electrons. The maximum Gasteiger partial charge on any atom is 0.251 e. The molecule has 3 amide bonds. The van der Waals surface area contributed by atoms with Crippen LogP contribution in [0.15, 0.2) is 18.3 Å². The van der Waals surface area contributed by atoms with Crippen molar-refractivity contribution in [2.75, 3.05) is 18.5 Å². The maximum absolute atomic E-state index is 13.9. The van der Waals surface area contributed by atoms with Gasteiger partial charge in [0.25, 0.3) is 5.91 Å². The van der Waals surface area contributed by atoms with Crippen LogP contribution in [0.5, 0.6) is 0 Å². The van der Waals surface area contributed by atoms with E-state index in [0.717, 1.165) is 37.7 Å². The number of nitrogens with zero attached hydrogens (tertiary/aromatic N) is 2. The molecule has 1 aromatic heterocycles. The molecule has 8 heteroatoms. The normalized spacial score (nSPS) is 20.6. The van der Waals surface area contributed by atoms with Gasteiger partial charge in [0.05, 0.1) is 6.04 Å². The van der Waals surface area contributed by atoms with E-state index in [1.54, 1.807) is 13.2 Å². The minimum atomic E-state index is -0.667. The predicted octanol–water partition coefficient (Wildman–Crippen LogP) is 1.54. The second-order valence-corrected chi connectivity index (χ2v) is 8.44. The lowest BCUT2D eigenvalue weighted by molar-refractivity contribution is -0.131. The topological polar surface area (TPSA) is 103 Å². The summed E-state index contributed by atoms with van der Waals surface area (Å²) in [5, 5.41) is 8.89. The Balaban J connectivity index is 1.93. The van der Waals surface area contributed by atoms with E-state index >= 15 is 0 Å². The van der Waals surface area contributed by atoms with E-state index in [0.29, 0.717) is 25.2 Å². The fraction of sp³-hybridized carbons (Fsp3) is 0.652. The van der Waals surface area contributed by atoms with Gasteiger partial charge in [0, 0.05) is 19.2 Å². The van der Waals surface area contributed by atoms with E-state index in [4.69, 9.17) is 0 Å². The molecular weight excluding hydrogens is 394 g/mol. The summed E-state index contributed by atoms with van der Waals surface area (Å²) in [5.41, 5.74) is 0.877. The molecule has 0 aromatic carbocycles. The molecule has 1 aromatic rings. The van der Waals surface area contributed by atoms with Crippen molar-refractivity contribution in [3.05, 3.63) is 23.9 Å². The zero-order valence-corrected chi connectivity index (χ0v) is 18.8. The molecule has 1 fully saturated rings. The summed E-state index contributed by atoms with van der Waals surface area (Å²) in [5.74, 6) is -0.0188. The van der Waals surface area contributed by atoms with E-state index in [2.05, 4.69) is 20.9 Å². The highest BCUT2D eigenvalue weighted by Gasteiger charge is 2.44. The number of pyridine rings is 1. The highest BCUT2D eigenvalue weighted by atomic mass is 16.2. The van der Waals surface area contributed by atoms with Crippen LogP contribution in [0.3, 0.4) is 0 Å². The number of nitrogens with one attached hydrogen (secondary N) is 3. The first-order valence-electron chi connectivity index (χ1n) is 11.5. The number of hydrogen-bond donors (Lipinski definition) is 3. The molecule has 3 atom stereocenters. The quantitative estimate of drug-likeness (QED) is 0.582. The zero-order chi connectivity index (χ0) is 22.4. The summed E-state index contributed by atoms with van der Waals surface area (Å²) in [7, 11) is 1.75. The van der Waals surface area contributed by atoms with Crippen LogP contribution in [0.25, 0.3) is 0 Å². The molecule has 0 saturated heterocycles. The molecule has 1 saturated carbocycles. The summed E-state index contributed by atoms with van der Waals surface area (Å²) in [4.78, 5) is 45.6. The van der Waals surface area contributed by atoms with Crippen LogP contribution >= 0.6 is 0 Å². The maximum atomic E-state index is 13.9. The number of likely N-dealkylation sites (N-methyl/N-ethyl adjacent to an activating group) is 2. The third-order valence-corrected chi connectivity index (χ3v) is 6.47. The average molecular weight is 430 g/mol. The standard InChI is InChI=1S/C23H35N5O3/c1-4-17(24-3)21(29)27-19(15-10-7-6-8-11-15)23(31)28-18(22(30)25-5-2)14-16-12-9-13-26-20(16)28/h9,12-13,15,17-19,24H,4-8,10-11,14H2,1-3H3,(H,25,30)(H,27,29)/t17-,18?,19-/m0/s1. The van der Waals surface area contributed by atoms with Crippen LogP contribution in [0.2, 0.25) is 0 Å². The first-order valence-corrected chi connectivity index (χ1v) is 11.5. The summed E-state index contributed by atoms with van der Waals surface area (Å²) < 4.78 is 0. The van der Waals surface area contributed by atoms with Gasteiger partial charge in [0.1, 0.15) is 17.9 Å². The van der Waals surface area contributed by atoms with E-state index in [9.17, 15) is 14.4 Å². The molecule has 1 unspecified atom stereocenters. The molecule has 2 heterocycles. The van der Waals surface area contributed by atoms with Gasteiger partial charge in [0.15, 0.2) is 0 Å². The molecule has 0 bridgehead atoms. The number of anilines is 1. The van der Waals surface area contributed by atoms with Gasteiger partial charge in [-0.3, -0.25) is 19.3 Å². The second-order valence-electron chi connectivity index (χ2n) is 8.44. The van der Waals surface area contributed by atoms with E-state index in [1.807, 2.05) is 26.0 Å². The summed E-state index contributed by atoms with van der Waals surface area (Å²) in [6.07, 6.45) is 7.72. The minimum Gasteiger partial charge on any atom is -0.355 e. The summed E-state index contributed by atoms with van der Waals surface area (Å²) >= 11 is 0.